The summed E-state index contributed by atoms with van der Waals surface area (Å²) in [6.45, 7) is 0. The molecule has 0 saturated heterocycles. The number of sulfonamides is 1. The standard InChI is InChI=1S/C17H14ClN3O4S2/c1-24-14-7-6-13(20-17(26)16-19-8-9-25-16)10-15(14)27(22,23)21-12-4-2-11(18)3-5-12/h2-10,21H,1H3,(H,20,26). The van der Waals surface area contributed by atoms with Crippen molar-refractivity contribution in [3.05, 3.63) is 65.8 Å². The molecule has 0 aliphatic rings. The Morgan fingerprint density at radius 2 is 1.89 bits per heavy atom. The lowest BCUT2D eigenvalue weighted by Gasteiger charge is -2.14. The van der Waals surface area contributed by atoms with Gasteiger partial charge in [-0.05, 0) is 42.5 Å². The number of nitrogens with zero attached hydrogens (tertiary/aromatic N) is 1. The topological polar surface area (TPSA) is 93.5 Å². The van der Waals surface area contributed by atoms with E-state index in [9.17, 15) is 8.42 Å². The fourth-order valence-corrected chi connectivity index (χ4v) is 3.81. The van der Waals surface area contributed by atoms with Gasteiger partial charge in [0, 0.05) is 16.4 Å². The molecule has 1 heterocycles. The first-order valence-electron chi connectivity index (χ1n) is 7.56. The molecule has 0 aliphatic carbocycles. The summed E-state index contributed by atoms with van der Waals surface area (Å²) in [5.74, 6) is 0.411. The molecule has 0 radical (unpaired) electrons. The minimum atomic E-state index is -3.92. The van der Waals surface area contributed by atoms with Crippen LogP contribution in [0.4, 0.5) is 11.4 Å². The summed E-state index contributed by atoms with van der Waals surface area (Å²) in [5.41, 5.74) is 0.811. The maximum Gasteiger partial charge on any atom is 0.265 e. The van der Waals surface area contributed by atoms with E-state index in [1.807, 2.05) is 0 Å². The highest BCUT2D eigenvalue weighted by molar-refractivity contribution is 7.92. The van der Waals surface area contributed by atoms with E-state index in [1.165, 1.54) is 31.7 Å². The van der Waals surface area contributed by atoms with Crippen molar-refractivity contribution in [3.63, 3.8) is 0 Å². The Morgan fingerprint density at radius 3 is 2.52 bits per heavy atom. The Kier molecular flexibility index (Phi) is 5.64. The van der Waals surface area contributed by atoms with Crippen LogP contribution < -0.4 is 14.8 Å². The van der Waals surface area contributed by atoms with Gasteiger partial charge in [-0.3, -0.25) is 4.72 Å². The van der Waals surface area contributed by atoms with Gasteiger partial charge in [-0.2, -0.15) is 0 Å². The number of hydrogen-bond acceptors (Lipinski definition) is 6. The number of methoxy groups -OCH3 is 1. The first-order chi connectivity index (χ1) is 12.9. The Labute approximate surface area is 166 Å². The number of oxazole rings is 1. The molecule has 7 nitrogen and oxygen atoms in total. The third kappa shape index (κ3) is 4.57. The third-order valence-corrected chi connectivity index (χ3v) is 5.37. The number of hydrogen-bond donors (Lipinski definition) is 2. The SMILES string of the molecule is COc1ccc(NC(=S)c2ncco2)cc1S(=O)(=O)Nc1ccc(Cl)cc1. The molecular formula is C17H14ClN3O4S2. The van der Waals surface area contributed by atoms with E-state index >= 15 is 0 Å². The molecule has 10 heteroatoms. The molecule has 0 aliphatic heterocycles. The Hall–Kier alpha value is -2.62. The fourth-order valence-electron chi connectivity index (χ4n) is 2.21. The zero-order chi connectivity index (χ0) is 19.4. The molecule has 0 spiro atoms. The van der Waals surface area contributed by atoms with Crippen molar-refractivity contribution < 1.29 is 17.6 Å². The van der Waals surface area contributed by atoms with Crippen molar-refractivity contribution in [1.29, 1.82) is 0 Å². The minimum absolute atomic E-state index is 0.0554. The van der Waals surface area contributed by atoms with Crippen LogP contribution in [-0.2, 0) is 10.0 Å². The molecule has 0 saturated carbocycles. The van der Waals surface area contributed by atoms with Gasteiger partial charge in [0.2, 0.25) is 0 Å². The summed E-state index contributed by atoms with van der Waals surface area (Å²) in [5, 5.41) is 3.39. The number of benzene rings is 2. The number of aromatic nitrogens is 1. The van der Waals surface area contributed by atoms with Crippen LogP contribution in [0.15, 0.2) is 64.2 Å². The van der Waals surface area contributed by atoms with Crippen molar-refractivity contribution in [2.24, 2.45) is 0 Å². The molecule has 3 rings (SSSR count). The van der Waals surface area contributed by atoms with E-state index in [-0.39, 0.29) is 21.5 Å². The highest BCUT2D eigenvalue weighted by atomic mass is 35.5. The number of ether oxygens (including phenoxy) is 1. The summed E-state index contributed by atoms with van der Waals surface area (Å²) in [6, 6.07) is 10.9. The van der Waals surface area contributed by atoms with Crippen molar-refractivity contribution in [1.82, 2.24) is 4.98 Å². The van der Waals surface area contributed by atoms with Crippen LogP contribution in [0.2, 0.25) is 5.02 Å². The smallest absolute Gasteiger partial charge is 0.265 e. The van der Waals surface area contributed by atoms with Crippen LogP contribution in [0, 0.1) is 0 Å². The van der Waals surface area contributed by atoms with Crippen molar-refractivity contribution in [2.75, 3.05) is 17.1 Å². The van der Waals surface area contributed by atoms with Crippen LogP contribution in [0.5, 0.6) is 5.75 Å². The van der Waals surface area contributed by atoms with Gasteiger partial charge in [-0.25, -0.2) is 13.4 Å². The van der Waals surface area contributed by atoms with E-state index in [1.54, 1.807) is 30.3 Å². The summed E-state index contributed by atoms with van der Waals surface area (Å²) < 4.78 is 38.4. The average Bonchev–Trinajstić information content (AvgIpc) is 3.18. The zero-order valence-electron chi connectivity index (χ0n) is 14.0. The van der Waals surface area contributed by atoms with Gasteiger partial charge in [0.1, 0.15) is 16.9 Å². The van der Waals surface area contributed by atoms with Crippen LogP contribution in [0.3, 0.4) is 0 Å². The molecule has 27 heavy (non-hydrogen) atoms. The molecule has 0 amide bonds. The molecule has 2 aromatic carbocycles. The highest BCUT2D eigenvalue weighted by Crippen LogP contribution is 2.29. The van der Waals surface area contributed by atoms with Gasteiger partial charge < -0.3 is 14.5 Å². The summed E-state index contributed by atoms with van der Waals surface area (Å²) in [7, 11) is -2.53. The van der Waals surface area contributed by atoms with Crippen LogP contribution in [0.25, 0.3) is 0 Å². The second-order valence-electron chi connectivity index (χ2n) is 5.27. The van der Waals surface area contributed by atoms with E-state index in [0.717, 1.165) is 0 Å². The summed E-state index contributed by atoms with van der Waals surface area (Å²) in [4.78, 5) is 4.11. The average molecular weight is 424 g/mol. The number of anilines is 2. The van der Waals surface area contributed by atoms with E-state index in [4.69, 9.17) is 33.0 Å². The lowest BCUT2D eigenvalue weighted by Crippen LogP contribution is -2.16. The summed E-state index contributed by atoms with van der Waals surface area (Å²) in [6.07, 6.45) is 2.85. The molecule has 140 valence electrons. The lowest BCUT2D eigenvalue weighted by molar-refractivity contribution is 0.403. The molecule has 0 bridgehead atoms. The number of thiocarbonyl (C=S) groups is 1. The van der Waals surface area contributed by atoms with Gasteiger partial charge >= 0.3 is 0 Å². The quantitative estimate of drug-likeness (QED) is 0.580. The van der Waals surface area contributed by atoms with E-state index in [2.05, 4.69) is 15.0 Å². The molecule has 3 aromatic rings. The molecule has 2 N–H and O–H groups in total. The molecular weight excluding hydrogens is 410 g/mol. The minimum Gasteiger partial charge on any atom is -0.495 e. The van der Waals surface area contributed by atoms with E-state index < -0.39 is 10.0 Å². The number of nitrogens with one attached hydrogen (secondary N) is 2. The third-order valence-electron chi connectivity index (χ3n) is 3.43. The Balaban J connectivity index is 1.90. The highest BCUT2D eigenvalue weighted by Gasteiger charge is 2.21. The maximum atomic E-state index is 12.8. The van der Waals surface area contributed by atoms with Gasteiger partial charge in [0.05, 0.1) is 13.3 Å². The molecule has 0 fully saturated rings. The van der Waals surface area contributed by atoms with Crippen LogP contribution in [0.1, 0.15) is 5.89 Å². The monoisotopic (exact) mass is 423 g/mol. The second-order valence-corrected chi connectivity index (χ2v) is 7.76. The largest absolute Gasteiger partial charge is 0.495 e. The predicted octanol–water partition coefficient (Wildman–Crippen LogP) is 3.93. The number of rotatable bonds is 6. The first kappa shape index (κ1) is 19.2. The zero-order valence-corrected chi connectivity index (χ0v) is 16.4. The Bertz CT molecular complexity index is 1050. The van der Waals surface area contributed by atoms with Crippen molar-refractivity contribution >= 4 is 50.2 Å². The normalized spacial score (nSPS) is 11.0. The van der Waals surface area contributed by atoms with Crippen molar-refractivity contribution in [3.8, 4) is 5.75 Å². The lowest BCUT2D eigenvalue weighted by atomic mass is 10.3. The molecule has 0 atom stereocenters. The summed E-state index contributed by atoms with van der Waals surface area (Å²) >= 11 is 11.0. The fraction of sp³-hybridized carbons (Fsp3) is 0.0588. The van der Waals surface area contributed by atoms with Gasteiger partial charge in [-0.15, -0.1) is 0 Å². The number of halogens is 1. The van der Waals surface area contributed by atoms with Crippen LogP contribution >= 0.6 is 23.8 Å². The predicted molar refractivity (Wildman–Crippen MR) is 107 cm³/mol. The molecule has 0 unspecified atom stereocenters. The maximum absolute atomic E-state index is 12.8. The van der Waals surface area contributed by atoms with Gasteiger partial charge in [0.25, 0.3) is 15.9 Å². The van der Waals surface area contributed by atoms with Crippen LogP contribution in [-0.4, -0.2) is 25.5 Å². The first-order valence-corrected chi connectivity index (χ1v) is 9.83. The van der Waals surface area contributed by atoms with E-state index in [0.29, 0.717) is 16.4 Å². The van der Waals surface area contributed by atoms with Gasteiger partial charge in [-0.1, -0.05) is 23.8 Å². The Morgan fingerprint density at radius 1 is 1.19 bits per heavy atom. The molecule has 1 aromatic heterocycles. The second kappa shape index (κ2) is 7.95. The van der Waals surface area contributed by atoms with Crippen molar-refractivity contribution in [2.45, 2.75) is 4.90 Å². The van der Waals surface area contributed by atoms with Gasteiger partial charge in [0.15, 0.2) is 4.99 Å².